The van der Waals surface area contributed by atoms with Gasteiger partial charge in [0.2, 0.25) is 5.28 Å². The molecule has 7 heteroatoms. The fraction of sp³-hybridized carbons (Fsp3) is 0.167. The molecule has 2 N–H and O–H groups in total. The molecule has 0 fully saturated rings. The fourth-order valence-corrected chi connectivity index (χ4v) is 1.21. The summed E-state index contributed by atoms with van der Waals surface area (Å²) in [6.07, 6.45) is 1.46. The molecule has 2 aromatic heterocycles. The van der Waals surface area contributed by atoms with Gasteiger partial charge in [-0.15, -0.1) is 0 Å². The van der Waals surface area contributed by atoms with Crippen molar-refractivity contribution in [3.05, 3.63) is 22.0 Å². The molecule has 0 saturated heterocycles. The molecular weight excluding hydrogens is 194 g/mol. The van der Waals surface area contributed by atoms with Crippen molar-refractivity contribution in [3.63, 3.8) is 0 Å². The van der Waals surface area contributed by atoms with E-state index in [1.54, 1.807) is 7.05 Å². The zero-order chi connectivity index (χ0) is 9.42. The van der Waals surface area contributed by atoms with E-state index in [2.05, 4.69) is 20.4 Å². The van der Waals surface area contributed by atoms with Crippen molar-refractivity contribution < 1.29 is 0 Å². The van der Waals surface area contributed by atoms with Crippen molar-refractivity contribution in [1.82, 2.24) is 19.6 Å². The smallest absolute Gasteiger partial charge is 0.280 e. The number of hydrogen-bond acceptors (Lipinski definition) is 4. The molecule has 0 aliphatic heterocycles. The molecule has 2 aromatic rings. The number of H-pyrrole nitrogens is 1. The van der Waals surface area contributed by atoms with Crippen LogP contribution in [0.15, 0.2) is 11.1 Å². The summed E-state index contributed by atoms with van der Waals surface area (Å²) in [5, 5.41) is 0.0505. The Balaban J connectivity index is 2.90. The van der Waals surface area contributed by atoms with Crippen LogP contribution in [0.25, 0.3) is 11.2 Å². The van der Waals surface area contributed by atoms with E-state index in [9.17, 15) is 4.79 Å². The quantitative estimate of drug-likeness (QED) is 0.632. The third-order valence-corrected chi connectivity index (χ3v) is 1.80. The average Bonchev–Trinajstić information content (AvgIpc) is 2.47. The molecule has 0 saturated carbocycles. The van der Waals surface area contributed by atoms with Gasteiger partial charge in [0, 0.05) is 7.05 Å². The van der Waals surface area contributed by atoms with Gasteiger partial charge in [-0.3, -0.25) is 9.78 Å². The summed E-state index contributed by atoms with van der Waals surface area (Å²) in [6.45, 7) is 0. The average molecular weight is 200 g/mol. The minimum atomic E-state index is -0.344. The van der Waals surface area contributed by atoms with Crippen molar-refractivity contribution in [2.45, 2.75) is 0 Å². The molecule has 0 atom stereocenters. The molecule has 2 rings (SSSR count). The van der Waals surface area contributed by atoms with Gasteiger partial charge in [-0.1, -0.05) is 0 Å². The molecule has 0 aliphatic rings. The zero-order valence-corrected chi connectivity index (χ0v) is 7.46. The maximum atomic E-state index is 11.2. The molecule has 6 nitrogen and oxygen atoms in total. The van der Waals surface area contributed by atoms with E-state index in [0.717, 1.165) is 0 Å². The third kappa shape index (κ3) is 1.15. The second-order valence-corrected chi connectivity index (χ2v) is 2.73. The lowest BCUT2D eigenvalue weighted by Crippen LogP contribution is -2.12. The van der Waals surface area contributed by atoms with Gasteiger partial charge in [0.05, 0.1) is 0 Å². The highest BCUT2D eigenvalue weighted by Crippen LogP contribution is 2.05. The van der Waals surface area contributed by atoms with Gasteiger partial charge in [0.25, 0.3) is 5.56 Å². The number of nitrogens with one attached hydrogen (secondary N) is 2. The van der Waals surface area contributed by atoms with E-state index < -0.39 is 0 Å². The fourth-order valence-electron chi connectivity index (χ4n) is 1.05. The van der Waals surface area contributed by atoms with Crippen LogP contribution in [0.3, 0.4) is 0 Å². The predicted octanol–water partition coefficient (Wildman–Crippen LogP) is -0.0537. The molecule has 0 aliphatic carbocycles. The summed E-state index contributed by atoms with van der Waals surface area (Å²) in [5.74, 6) is 0. The number of imidazole rings is 1. The Morgan fingerprint density at radius 1 is 1.69 bits per heavy atom. The molecule has 0 aromatic carbocycles. The Hall–Kier alpha value is -1.56. The van der Waals surface area contributed by atoms with Crippen LogP contribution in [0.2, 0.25) is 5.28 Å². The number of rotatable bonds is 1. The van der Waals surface area contributed by atoms with Gasteiger partial charge in [-0.25, -0.2) is 9.66 Å². The number of hydrogen-bond donors (Lipinski definition) is 2. The second-order valence-electron chi connectivity index (χ2n) is 2.37. The highest BCUT2D eigenvalue weighted by molar-refractivity contribution is 6.28. The van der Waals surface area contributed by atoms with Crippen LogP contribution < -0.4 is 11.0 Å². The van der Waals surface area contributed by atoms with Crippen LogP contribution in [0.4, 0.5) is 0 Å². The van der Waals surface area contributed by atoms with Crippen LogP contribution >= 0.6 is 11.6 Å². The summed E-state index contributed by atoms with van der Waals surface area (Å²) < 4.78 is 1.51. The standard InChI is InChI=1S/C6H6ClN5O/c1-8-12-2-9-3-4(12)10-6(7)11-5(3)13/h2,8H,1H3,(H,10,11,13). The Morgan fingerprint density at radius 2 is 2.46 bits per heavy atom. The molecule has 0 radical (unpaired) electrons. The SMILES string of the molecule is CNn1cnc2c(=O)[nH]c(Cl)nc21. The van der Waals surface area contributed by atoms with Gasteiger partial charge in [-0.05, 0) is 11.6 Å². The molecule has 0 unspecified atom stereocenters. The minimum Gasteiger partial charge on any atom is -0.326 e. The van der Waals surface area contributed by atoms with E-state index in [4.69, 9.17) is 11.6 Å². The van der Waals surface area contributed by atoms with Gasteiger partial charge in [0.15, 0.2) is 11.2 Å². The van der Waals surface area contributed by atoms with E-state index >= 15 is 0 Å². The van der Waals surface area contributed by atoms with Crippen LogP contribution in [-0.2, 0) is 0 Å². The Morgan fingerprint density at radius 3 is 3.15 bits per heavy atom. The predicted molar refractivity (Wildman–Crippen MR) is 48.4 cm³/mol. The van der Waals surface area contributed by atoms with Crippen LogP contribution in [0, 0.1) is 0 Å². The lowest BCUT2D eigenvalue weighted by molar-refractivity contribution is 0.936. The normalized spacial score (nSPS) is 10.6. The van der Waals surface area contributed by atoms with E-state index in [1.807, 2.05) is 0 Å². The summed E-state index contributed by atoms with van der Waals surface area (Å²) in [6, 6.07) is 0. The first-order chi connectivity index (χ1) is 6.22. The van der Waals surface area contributed by atoms with E-state index in [0.29, 0.717) is 5.65 Å². The largest absolute Gasteiger partial charge is 0.326 e. The zero-order valence-electron chi connectivity index (χ0n) is 6.71. The number of fused-ring (bicyclic) bond motifs is 1. The summed E-state index contributed by atoms with van der Waals surface area (Å²) >= 11 is 5.57. The minimum absolute atomic E-state index is 0.0505. The number of aromatic nitrogens is 4. The first-order valence-corrected chi connectivity index (χ1v) is 3.91. The van der Waals surface area contributed by atoms with Crippen molar-refractivity contribution in [3.8, 4) is 0 Å². The first kappa shape index (κ1) is 8.06. The van der Waals surface area contributed by atoms with Crippen molar-refractivity contribution >= 4 is 22.8 Å². The second kappa shape index (κ2) is 2.74. The van der Waals surface area contributed by atoms with Crippen molar-refractivity contribution in [1.29, 1.82) is 0 Å². The van der Waals surface area contributed by atoms with E-state index in [1.165, 1.54) is 11.0 Å². The monoisotopic (exact) mass is 199 g/mol. The summed E-state index contributed by atoms with van der Waals surface area (Å²) in [7, 11) is 1.69. The molecule has 68 valence electrons. The Bertz CT molecular complexity index is 501. The lowest BCUT2D eigenvalue weighted by Gasteiger charge is -1.99. The molecule has 13 heavy (non-hydrogen) atoms. The highest BCUT2D eigenvalue weighted by atomic mass is 35.5. The highest BCUT2D eigenvalue weighted by Gasteiger charge is 2.07. The third-order valence-electron chi connectivity index (χ3n) is 1.62. The van der Waals surface area contributed by atoms with Crippen LogP contribution in [0.5, 0.6) is 0 Å². The van der Waals surface area contributed by atoms with Crippen molar-refractivity contribution in [2.24, 2.45) is 0 Å². The first-order valence-electron chi connectivity index (χ1n) is 3.53. The van der Waals surface area contributed by atoms with Gasteiger partial charge >= 0.3 is 0 Å². The van der Waals surface area contributed by atoms with Gasteiger partial charge < -0.3 is 5.43 Å². The maximum absolute atomic E-state index is 11.2. The van der Waals surface area contributed by atoms with E-state index in [-0.39, 0.29) is 16.4 Å². The molecule has 0 spiro atoms. The summed E-state index contributed by atoms with van der Waals surface area (Å²) in [5.41, 5.74) is 3.12. The van der Waals surface area contributed by atoms with Crippen LogP contribution in [-0.4, -0.2) is 26.7 Å². The van der Waals surface area contributed by atoms with Gasteiger partial charge in [-0.2, -0.15) is 4.98 Å². The molecule has 0 amide bonds. The number of nitrogens with zero attached hydrogens (tertiary/aromatic N) is 3. The summed E-state index contributed by atoms with van der Waals surface area (Å²) in [4.78, 5) is 21.4. The number of aromatic amines is 1. The lowest BCUT2D eigenvalue weighted by atomic mass is 10.5. The molecule has 2 heterocycles. The topological polar surface area (TPSA) is 75.6 Å². The Labute approximate surface area is 77.5 Å². The number of halogens is 1. The molecular formula is C6H6ClN5O. The maximum Gasteiger partial charge on any atom is 0.280 e. The molecule has 0 bridgehead atoms. The van der Waals surface area contributed by atoms with Gasteiger partial charge in [0.1, 0.15) is 6.33 Å². The van der Waals surface area contributed by atoms with Crippen molar-refractivity contribution in [2.75, 3.05) is 12.5 Å². The van der Waals surface area contributed by atoms with Crippen LogP contribution in [0.1, 0.15) is 0 Å². The Kier molecular flexibility index (Phi) is 1.70.